The topological polar surface area (TPSA) is 92.7 Å². The highest BCUT2D eigenvalue weighted by Gasteiger charge is 2.30. The summed E-state index contributed by atoms with van der Waals surface area (Å²) in [5, 5.41) is 12.4. The van der Waals surface area contributed by atoms with Crippen LogP contribution in [-0.2, 0) is 20.3 Å². The third kappa shape index (κ3) is 4.07. The van der Waals surface area contributed by atoms with Crippen LogP contribution in [0.5, 0.6) is 0 Å². The van der Waals surface area contributed by atoms with Crippen LogP contribution in [0.15, 0.2) is 59.5 Å². The lowest BCUT2D eigenvalue weighted by molar-refractivity contribution is 0.0883. The fourth-order valence-corrected chi connectivity index (χ4v) is 4.29. The van der Waals surface area contributed by atoms with Gasteiger partial charge in [0.1, 0.15) is 0 Å². The standard InChI is InChI=1S/C18H19NO5S/c20-16-11-24-10-15(16)19-18(21)14-8-4-5-9-17(14)25(22,23)12-13-6-2-1-3-7-13/h1-9,15-16,20H,10-12H2,(H,19,21)/t15-,16-/m0/s1. The molecule has 2 atom stereocenters. The number of sulfone groups is 1. The Morgan fingerprint density at radius 3 is 2.44 bits per heavy atom. The highest BCUT2D eigenvalue weighted by molar-refractivity contribution is 7.90. The van der Waals surface area contributed by atoms with Crippen LogP contribution < -0.4 is 5.32 Å². The fraction of sp³-hybridized carbons (Fsp3) is 0.278. The normalized spacial score (nSPS) is 20.4. The maximum absolute atomic E-state index is 12.8. The third-order valence-corrected chi connectivity index (χ3v) is 5.77. The van der Waals surface area contributed by atoms with Gasteiger partial charge in [0.05, 0.1) is 41.6 Å². The molecule has 0 radical (unpaired) electrons. The molecule has 2 aromatic rings. The second-order valence-electron chi connectivity index (χ2n) is 5.93. The van der Waals surface area contributed by atoms with Crippen molar-refractivity contribution in [3.8, 4) is 0 Å². The molecule has 0 bridgehead atoms. The molecule has 0 aliphatic carbocycles. The molecule has 1 aliphatic rings. The van der Waals surface area contributed by atoms with Crippen molar-refractivity contribution in [2.24, 2.45) is 0 Å². The van der Waals surface area contributed by atoms with Crippen molar-refractivity contribution in [2.45, 2.75) is 22.8 Å². The molecule has 3 rings (SSSR count). The summed E-state index contributed by atoms with van der Waals surface area (Å²) >= 11 is 0. The molecule has 1 amide bonds. The molecule has 7 heteroatoms. The average molecular weight is 361 g/mol. The third-order valence-electron chi connectivity index (χ3n) is 4.03. The van der Waals surface area contributed by atoms with Gasteiger partial charge in [-0.15, -0.1) is 0 Å². The summed E-state index contributed by atoms with van der Waals surface area (Å²) in [5.41, 5.74) is 0.717. The number of amides is 1. The van der Waals surface area contributed by atoms with Crippen LogP contribution in [0.4, 0.5) is 0 Å². The summed E-state index contributed by atoms with van der Waals surface area (Å²) in [7, 11) is -3.69. The lowest BCUT2D eigenvalue weighted by atomic mass is 10.1. The zero-order valence-electron chi connectivity index (χ0n) is 13.5. The minimum Gasteiger partial charge on any atom is -0.388 e. The van der Waals surface area contributed by atoms with E-state index in [1.54, 1.807) is 36.4 Å². The molecule has 2 N–H and O–H groups in total. The predicted octanol–water partition coefficient (Wildman–Crippen LogP) is 1.15. The van der Waals surface area contributed by atoms with Crippen molar-refractivity contribution in [3.63, 3.8) is 0 Å². The molecule has 0 spiro atoms. The minimum absolute atomic E-state index is 0.0234. The van der Waals surface area contributed by atoms with E-state index in [1.807, 2.05) is 6.07 Å². The molecule has 0 unspecified atom stereocenters. The molecule has 0 aromatic heterocycles. The largest absolute Gasteiger partial charge is 0.388 e. The maximum Gasteiger partial charge on any atom is 0.252 e. The van der Waals surface area contributed by atoms with Gasteiger partial charge in [-0.3, -0.25) is 4.79 Å². The first-order valence-electron chi connectivity index (χ1n) is 7.90. The Morgan fingerprint density at radius 2 is 1.76 bits per heavy atom. The first kappa shape index (κ1) is 17.6. The molecular weight excluding hydrogens is 342 g/mol. The molecule has 6 nitrogen and oxygen atoms in total. The predicted molar refractivity (Wildman–Crippen MR) is 91.9 cm³/mol. The molecule has 1 saturated heterocycles. The van der Waals surface area contributed by atoms with Crippen LogP contribution in [0, 0.1) is 0 Å². The van der Waals surface area contributed by atoms with Gasteiger partial charge in [-0.25, -0.2) is 8.42 Å². The Morgan fingerprint density at radius 1 is 1.08 bits per heavy atom. The van der Waals surface area contributed by atoms with Gasteiger partial charge in [0.15, 0.2) is 9.84 Å². The van der Waals surface area contributed by atoms with Crippen LogP contribution in [0.1, 0.15) is 15.9 Å². The van der Waals surface area contributed by atoms with Crippen molar-refractivity contribution < 1.29 is 23.1 Å². The van der Waals surface area contributed by atoms with Crippen molar-refractivity contribution in [3.05, 3.63) is 65.7 Å². The molecule has 2 aromatic carbocycles. The van der Waals surface area contributed by atoms with E-state index in [0.717, 1.165) is 0 Å². The Bertz CT molecular complexity index is 851. The monoisotopic (exact) mass is 361 g/mol. The summed E-state index contributed by atoms with van der Waals surface area (Å²) in [6, 6.07) is 14.4. The highest BCUT2D eigenvalue weighted by Crippen LogP contribution is 2.21. The van der Waals surface area contributed by atoms with Gasteiger partial charge in [0, 0.05) is 0 Å². The summed E-state index contributed by atoms with van der Waals surface area (Å²) < 4.78 is 30.6. The SMILES string of the molecule is O=C(N[C@H]1COC[C@@H]1O)c1ccccc1S(=O)(=O)Cc1ccccc1. The van der Waals surface area contributed by atoms with Gasteiger partial charge in [-0.05, 0) is 17.7 Å². The lowest BCUT2D eigenvalue weighted by Crippen LogP contribution is -2.42. The zero-order valence-corrected chi connectivity index (χ0v) is 14.3. The zero-order chi connectivity index (χ0) is 17.9. The van der Waals surface area contributed by atoms with Crippen molar-refractivity contribution in [1.82, 2.24) is 5.32 Å². The Hall–Kier alpha value is -2.22. The molecule has 1 heterocycles. The average Bonchev–Trinajstić information content (AvgIpc) is 3.00. The number of nitrogens with one attached hydrogen (secondary N) is 1. The van der Waals surface area contributed by atoms with Gasteiger partial charge >= 0.3 is 0 Å². The van der Waals surface area contributed by atoms with E-state index in [4.69, 9.17) is 4.74 Å². The maximum atomic E-state index is 12.8. The number of aliphatic hydroxyl groups excluding tert-OH is 1. The summed E-state index contributed by atoms with van der Waals surface area (Å²) in [4.78, 5) is 12.5. The molecule has 0 saturated carbocycles. The smallest absolute Gasteiger partial charge is 0.252 e. The molecule has 1 aliphatic heterocycles. The van der Waals surface area contributed by atoms with Crippen molar-refractivity contribution in [1.29, 1.82) is 0 Å². The van der Waals surface area contributed by atoms with Crippen LogP contribution in [0.2, 0.25) is 0 Å². The summed E-state index contributed by atoms with van der Waals surface area (Å²) in [6.07, 6.45) is -0.794. The fourth-order valence-electron chi connectivity index (χ4n) is 2.72. The van der Waals surface area contributed by atoms with Gasteiger partial charge < -0.3 is 15.2 Å². The van der Waals surface area contributed by atoms with Gasteiger partial charge in [-0.1, -0.05) is 42.5 Å². The number of ether oxygens (including phenoxy) is 1. The van der Waals surface area contributed by atoms with Crippen LogP contribution >= 0.6 is 0 Å². The van der Waals surface area contributed by atoms with Crippen LogP contribution in [-0.4, -0.2) is 44.8 Å². The number of rotatable bonds is 5. The first-order valence-corrected chi connectivity index (χ1v) is 9.55. The summed E-state index contributed by atoms with van der Waals surface area (Å²) in [5.74, 6) is -0.727. The second-order valence-corrected chi connectivity index (χ2v) is 7.88. The number of carbonyl (C=O) groups is 1. The number of benzene rings is 2. The lowest BCUT2D eigenvalue weighted by Gasteiger charge is -2.16. The number of aliphatic hydroxyl groups is 1. The van der Waals surface area contributed by atoms with Crippen LogP contribution in [0.3, 0.4) is 0 Å². The highest BCUT2D eigenvalue weighted by atomic mass is 32.2. The van der Waals surface area contributed by atoms with E-state index in [-0.39, 0.29) is 29.4 Å². The van der Waals surface area contributed by atoms with Gasteiger partial charge in [0.2, 0.25) is 0 Å². The van der Waals surface area contributed by atoms with E-state index < -0.39 is 27.9 Å². The van der Waals surface area contributed by atoms with E-state index in [2.05, 4.69) is 5.32 Å². The van der Waals surface area contributed by atoms with Gasteiger partial charge in [-0.2, -0.15) is 0 Å². The Labute approximate surface area is 146 Å². The van der Waals surface area contributed by atoms with Crippen LogP contribution in [0.25, 0.3) is 0 Å². The first-order chi connectivity index (χ1) is 12.0. The Balaban J connectivity index is 1.86. The molecule has 25 heavy (non-hydrogen) atoms. The van der Waals surface area contributed by atoms with Gasteiger partial charge in [0.25, 0.3) is 5.91 Å². The molecule has 132 valence electrons. The number of hydrogen-bond acceptors (Lipinski definition) is 5. The summed E-state index contributed by atoms with van der Waals surface area (Å²) in [6.45, 7) is 0.352. The van der Waals surface area contributed by atoms with E-state index in [1.165, 1.54) is 12.1 Å². The van der Waals surface area contributed by atoms with Crippen molar-refractivity contribution in [2.75, 3.05) is 13.2 Å². The number of hydrogen-bond donors (Lipinski definition) is 2. The van der Waals surface area contributed by atoms with Crippen molar-refractivity contribution >= 4 is 15.7 Å². The molecular formula is C18H19NO5S. The Kier molecular flexibility index (Phi) is 5.17. The quantitative estimate of drug-likeness (QED) is 0.833. The number of carbonyl (C=O) groups excluding carboxylic acids is 1. The molecule has 1 fully saturated rings. The van der Waals surface area contributed by atoms with E-state index >= 15 is 0 Å². The second kappa shape index (κ2) is 7.35. The van der Waals surface area contributed by atoms with E-state index in [0.29, 0.717) is 5.56 Å². The minimum atomic E-state index is -3.69. The van der Waals surface area contributed by atoms with E-state index in [9.17, 15) is 18.3 Å².